The van der Waals surface area contributed by atoms with E-state index in [-0.39, 0.29) is 22.1 Å². The summed E-state index contributed by atoms with van der Waals surface area (Å²) >= 11 is 0. The molecule has 0 saturated heterocycles. The number of sulfonamides is 1. The van der Waals surface area contributed by atoms with Crippen molar-refractivity contribution in [1.82, 2.24) is 10.6 Å². The largest absolute Gasteiger partial charge is 0.354 e. The second-order valence-electron chi connectivity index (χ2n) is 6.10. The summed E-state index contributed by atoms with van der Waals surface area (Å²) in [6.45, 7) is 3.99. The van der Waals surface area contributed by atoms with Crippen LogP contribution in [0.5, 0.6) is 0 Å². The Hall–Kier alpha value is -2.94. The van der Waals surface area contributed by atoms with Crippen LogP contribution in [-0.2, 0) is 14.8 Å². The van der Waals surface area contributed by atoms with Crippen molar-refractivity contribution in [2.75, 3.05) is 11.3 Å². The first-order valence-corrected chi connectivity index (χ1v) is 10.2. The molecule has 0 aliphatic rings. The van der Waals surface area contributed by atoms with E-state index in [0.29, 0.717) is 6.54 Å². The van der Waals surface area contributed by atoms with Crippen LogP contribution in [0.15, 0.2) is 53.4 Å². The molecule has 3 N–H and O–H groups in total. The van der Waals surface area contributed by atoms with Crippen LogP contribution in [-0.4, -0.2) is 32.8 Å². The molecule has 150 valence electrons. The fourth-order valence-corrected chi connectivity index (χ4v) is 3.35. The van der Waals surface area contributed by atoms with Crippen molar-refractivity contribution < 1.29 is 22.4 Å². The summed E-state index contributed by atoms with van der Waals surface area (Å²) in [5.74, 6) is -1.51. The molecule has 0 aliphatic carbocycles. The van der Waals surface area contributed by atoms with Gasteiger partial charge in [0.2, 0.25) is 5.91 Å². The molecule has 0 saturated carbocycles. The molecule has 0 radical (unpaired) electrons. The monoisotopic (exact) mass is 407 g/mol. The number of para-hydroxylation sites is 1. The first-order valence-electron chi connectivity index (χ1n) is 8.70. The van der Waals surface area contributed by atoms with E-state index in [1.54, 1.807) is 6.92 Å². The van der Waals surface area contributed by atoms with Crippen molar-refractivity contribution in [3.8, 4) is 0 Å². The third-order valence-corrected chi connectivity index (χ3v) is 5.22. The van der Waals surface area contributed by atoms with Crippen molar-refractivity contribution in [3.05, 3.63) is 59.9 Å². The molecule has 9 heteroatoms. The maximum absolute atomic E-state index is 13.7. The van der Waals surface area contributed by atoms with Crippen molar-refractivity contribution in [3.63, 3.8) is 0 Å². The highest BCUT2D eigenvalue weighted by atomic mass is 32.2. The number of carbonyl (C=O) groups excluding carboxylic acids is 2. The quantitative estimate of drug-likeness (QED) is 0.624. The van der Waals surface area contributed by atoms with Crippen LogP contribution >= 0.6 is 0 Å². The van der Waals surface area contributed by atoms with E-state index in [1.165, 1.54) is 42.5 Å². The lowest BCUT2D eigenvalue weighted by molar-refractivity contribution is -0.122. The maximum Gasteiger partial charge on any atom is 0.261 e. The molecule has 0 bridgehead atoms. The molecule has 2 amide bonds. The van der Waals surface area contributed by atoms with Gasteiger partial charge in [-0.1, -0.05) is 19.1 Å². The predicted molar refractivity (Wildman–Crippen MR) is 104 cm³/mol. The van der Waals surface area contributed by atoms with Gasteiger partial charge in [-0.25, -0.2) is 12.8 Å². The highest BCUT2D eigenvalue weighted by molar-refractivity contribution is 7.92. The van der Waals surface area contributed by atoms with E-state index in [0.717, 1.165) is 12.5 Å². The molecular weight excluding hydrogens is 385 g/mol. The SMILES string of the molecule is CCCNC(=O)[C@@H](C)NC(=O)c1ccc(S(=O)(=O)Nc2ccccc2F)cc1. The van der Waals surface area contributed by atoms with Crippen LogP contribution in [0.4, 0.5) is 10.1 Å². The Bertz CT molecular complexity index is 946. The van der Waals surface area contributed by atoms with Gasteiger partial charge >= 0.3 is 0 Å². The second-order valence-corrected chi connectivity index (χ2v) is 7.78. The van der Waals surface area contributed by atoms with E-state index < -0.39 is 27.8 Å². The Balaban J connectivity index is 2.07. The van der Waals surface area contributed by atoms with E-state index in [9.17, 15) is 22.4 Å². The van der Waals surface area contributed by atoms with Crippen LogP contribution in [0.3, 0.4) is 0 Å². The van der Waals surface area contributed by atoms with Crippen LogP contribution < -0.4 is 15.4 Å². The summed E-state index contributed by atoms with van der Waals surface area (Å²) in [5, 5.41) is 5.22. The molecule has 0 aliphatic heterocycles. The minimum atomic E-state index is -4.01. The number of hydrogen-bond acceptors (Lipinski definition) is 4. The van der Waals surface area contributed by atoms with Gasteiger partial charge in [-0.15, -0.1) is 0 Å². The average Bonchev–Trinajstić information content (AvgIpc) is 2.67. The van der Waals surface area contributed by atoms with Gasteiger partial charge in [0.1, 0.15) is 11.9 Å². The number of benzene rings is 2. The third kappa shape index (κ3) is 5.53. The van der Waals surface area contributed by atoms with Crippen LogP contribution in [0.1, 0.15) is 30.6 Å². The van der Waals surface area contributed by atoms with E-state index >= 15 is 0 Å². The number of halogens is 1. The van der Waals surface area contributed by atoms with Crippen LogP contribution in [0.2, 0.25) is 0 Å². The highest BCUT2D eigenvalue weighted by Crippen LogP contribution is 2.19. The Kier molecular flexibility index (Phi) is 7.11. The summed E-state index contributed by atoms with van der Waals surface area (Å²) in [6, 6.07) is 9.79. The number of rotatable bonds is 8. The molecule has 1 atom stereocenters. The fraction of sp³-hybridized carbons (Fsp3) is 0.263. The maximum atomic E-state index is 13.7. The van der Waals surface area contributed by atoms with Crippen LogP contribution in [0.25, 0.3) is 0 Å². The molecule has 2 aromatic rings. The minimum absolute atomic E-state index is 0.124. The van der Waals surface area contributed by atoms with E-state index in [1.807, 2.05) is 6.92 Å². The standard InChI is InChI=1S/C19H22FN3O4S/c1-3-12-21-18(24)13(2)22-19(25)14-8-10-15(11-9-14)28(26,27)23-17-7-5-4-6-16(17)20/h4-11,13,23H,3,12H2,1-2H3,(H,21,24)(H,22,25)/t13-/m1/s1. The lowest BCUT2D eigenvalue weighted by atomic mass is 10.2. The summed E-state index contributed by atoms with van der Waals surface area (Å²) < 4.78 is 40.6. The Morgan fingerprint density at radius 2 is 1.71 bits per heavy atom. The lowest BCUT2D eigenvalue weighted by Crippen LogP contribution is -2.45. The number of amides is 2. The van der Waals surface area contributed by atoms with E-state index in [2.05, 4.69) is 15.4 Å². The summed E-state index contributed by atoms with van der Waals surface area (Å²) in [4.78, 5) is 23.9. The Morgan fingerprint density at radius 1 is 1.07 bits per heavy atom. The third-order valence-electron chi connectivity index (χ3n) is 3.84. The van der Waals surface area contributed by atoms with Gasteiger partial charge < -0.3 is 10.6 Å². The molecular formula is C19H22FN3O4S. The van der Waals surface area contributed by atoms with Crippen molar-refractivity contribution in [2.45, 2.75) is 31.2 Å². The van der Waals surface area contributed by atoms with Crippen molar-refractivity contribution >= 4 is 27.5 Å². The van der Waals surface area contributed by atoms with Gasteiger partial charge in [0.05, 0.1) is 10.6 Å². The number of hydrogen-bond donors (Lipinski definition) is 3. The number of nitrogens with one attached hydrogen (secondary N) is 3. The fourth-order valence-electron chi connectivity index (χ4n) is 2.28. The van der Waals surface area contributed by atoms with E-state index in [4.69, 9.17) is 0 Å². The van der Waals surface area contributed by atoms with Crippen molar-refractivity contribution in [2.24, 2.45) is 0 Å². The summed E-state index contributed by atoms with van der Waals surface area (Å²) in [5.41, 5.74) is 0.0243. The first kappa shape index (κ1) is 21.4. The average molecular weight is 407 g/mol. The van der Waals surface area contributed by atoms with Gasteiger partial charge in [0.25, 0.3) is 15.9 Å². The van der Waals surface area contributed by atoms with Crippen molar-refractivity contribution in [1.29, 1.82) is 0 Å². The molecule has 2 aromatic carbocycles. The zero-order valence-corrected chi connectivity index (χ0v) is 16.3. The molecule has 0 heterocycles. The molecule has 0 fully saturated rings. The minimum Gasteiger partial charge on any atom is -0.354 e. The van der Waals surface area contributed by atoms with Gasteiger partial charge in [0.15, 0.2) is 0 Å². The molecule has 2 rings (SSSR count). The molecule has 0 unspecified atom stereocenters. The topological polar surface area (TPSA) is 104 Å². The summed E-state index contributed by atoms with van der Waals surface area (Å²) in [6.07, 6.45) is 0.781. The van der Waals surface area contributed by atoms with Gasteiger partial charge in [-0.2, -0.15) is 0 Å². The molecule has 0 spiro atoms. The van der Waals surface area contributed by atoms with Gasteiger partial charge in [0, 0.05) is 12.1 Å². The van der Waals surface area contributed by atoms with Gasteiger partial charge in [-0.05, 0) is 49.7 Å². The highest BCUT2D eigenvalue weighted by Gasteiger charge is 2.19. The predicted octanol–water partition coefficient (Wildman–Crippen LogP) is 2.27. The zero-order chi connectivity index (χ0) is 20.7. The van der Waals surface area contributed by atoms with Crippen LogP contribution in [0, 0.1) is 5.82 Å². The second kappa shape index (κ2) is 9.32. The smallest absolute Gasteiger partial charge is 0.261 e. The Morgan fingerprint density at radius 3 is 2.32 bits per heavy atom. The normalized spacial score (nSPS) is 12.1. The zero-order valence-electron chi connectivity index (χ0n) is 15.5. The van der Waals surface area contributed by atoms with Gasteiger partial charge in [-0.3, -0.25) is 14.3 Å². The lowest BCUT2D eigenvalue weighted by Gasteiger charge is -2.14. The molecule has 7 nitrogen and oxygen atoms in total. The molecule has 0 aromatic heterocycles. The molecule has 28 heavy (non-hydrogen) atoms. The summed E-state index contributed by atoms with van der Waals surface area (Å²) in [7, 11) is -4.01. The number of carbonyl (C=O) groups is 2. The Labute approximate surface area is 163 Å². The number of anilines is 1. The first-order chi connectivity index (χ1) is 13.2.